The molecule has 0 bridgehead atoms. The molecule has 2 unspecified atom stereocenters. The lowest BCUT2D eigenvalue weighted by atomic mass is 9.66. The second-order valence-corrected chi connectivity index (χ2v) is 21.7. The van der Waals surface area contributed by atoms with E-state index in [-0.39, 0.29) is 41.2 Å². The van der Waals surface area contributed by atoms with Crippen molar-refractivity contribution in [1.29, 1.82) is 0 Å². The van der Waals surface area contributed by atoms with Crippen LogP contribution in [0.2, 0.25) is 10.0 Å². The lowest BCUT2D eigenvalue weighted by Gasteiger charge is -2.51. The smallest absolute Gasteiger partial charge is 0.237 e. The molecule has 13 heteroatoms. The molecule has 67 heavy (non-hydrogen) atoms. The van der Waals surface area contributed by atoms with E-state index in [4.69, 9.17) is 32.7 Å². The highest BCUT2D eigenvalue weighted by Gasteiger charge is 2.50. The number of amides is 1. The van der Waals surface area contributed by atoms with E-state index in [0.29, 0.717) is 74.7 Å². The second kappa shape index (κ2) is 21.7. The SMILES string of the molecule is C[C@H]1CO[C@H](Cc2ccc(F)cc2)CN1C(=O)CN1CCC(O)(c2ccc(Cl)cc2)C(C)(C)C1.C[C@H]1CO[C@H](Cc2ccc(F)cc2)CN1CCN1CCC(O)(c2ccc(Cl)cc2)C(C)(C)C1. The van der Waals surface area contributed by atoms with Crippen LogP contribution in [0.4, 0.5) is 8.78 Å². The predicted octanol–water partition coefficient (Wildman–Crippen LogP) is 8.99. The zero-order valence-corrected chi connectivity index (χ0v) is 41.6. The molecule has 364 valence electrons. The van der Waals surface area contributed by atoms with Gasteiger partial charge in [-0.05, 0) is 104 Å². The Morgan fingerprint density at radius 3 is 1.54 bits per heavy atom. The standard InChI is InChI=1S/C27H34ClFN2O3.C27H36ClFN2O2/c1-19-17-34-24(14-20-4-10-23(29)11-5-20)15-31(19)25(32)16-30-13-12-27(33,26(2,3)18-30)21-6-8-22(28)9-7-21;1-20-18-33-25(16-21-4-10-24(29)11-5-21)17-31(20)15-14-30-13-12-27(32,26(2,3)19-30)22-6-8-23(28)9-7-22/h4-11,19,24,33H,12-18H2,1-3H3;4-11,20,25,32H,12-19H2,1-3H3/t19-,24+,27?;20-,25+,27?/m00/s1. The Morgan fingerprint density at radius 1 is 0.627 bits per heavy atom. The molecule has 0 aromatic heterocycles. The van der Waals surface area contributed by atoms with Gasteiger partial charge in [0, 0.05) is 85.7 Å². The summed E-state index contributed by atoms with van der Waals surface area (Å²) in [4.78, 5) is 22.3. The number of likely N-dealkylation sites (tertiary alicyclic amines) is 2. The number of hydrogen-bond donors (Lipinski definition) is 2. The molecule has 0 aliphatic carbocycles. The number of nitrogens with zero attached hydrogens (tertiary/aromatic N) is 4. The fourth-order valence-electron chi connectivity index (χ4n) is 10.6. The van der Waals surface area contributed by atoms with Gasteiger partial charge in [-0.25, -0.2) is 8.78 Å². The molecule has 8 rings (SSSR count). The van der Waals surface area contributed by atoms with E-state index in [2.05, 4.69) is 35.5 Å². The minimum atomic E-state index is -0.982. The van der Waals surface area contributed by atoms with Gasteiger partial charge >= 0.3 is 0 Å². The molecule has 4 saturated heterocycles. The van der Waals surface area contributed by atoms with Crippen LogP contribution in [0.5, 0.6) is 0 Å². The van der Waals surface area contributed by atoms with Crippen LogP contribution in [0.25, 0.3) is 0 Å². The lowest BCUT2D eigenvalue weighted by molar-refractivity contribution is -0.152. The van der Waals surface area contributed by atoms with Crippen molar-refractivity contribution in [3.05, 3.63) is 141 Å². The first-order valence-electron chi connectivity index (χ1n) is 23.9. The number of carbonyl (C=O) groups is 1. The minimum Gasteiger partial charge on any atom is -0.385 e. The van der Waals surface area contributed by atoms with Crippen molar-refractivity contribution in [3.8, 4) is 0 Å². The Balaban J connectivity index is 0.000000199. The van der Waals surface area contributed by atoms with Gasteiger partial charge in [-0.2, -0.15) is 0 Å². The fraction of sp³-hybridized carbons (Fsp3) is 0.537. The molecule has 4 aliphatic heterocycles. The Bertz CT molecular complexity index is 2230. The van der Waals surface area contributed by atoms with Gasteiger partial charge in [0.15, 0.2) is 0 Å². The van der Waals surface area contributed by atoms with Crippen molar-refractivity contribution in [3.63, 3.8) is 0 Å². The summed E-state index contributed by atoms with van der Waals surface area (Å²) in [6.45, 7) is 20.4. The van der Waals surface area contributed by atoms with Crippen molar-refractivity contribution in [2.24, 2.45) is 10.8 Å². The van der Waals surface area contributed by atoms with Crippen molar-refractivity contribution in [2.75, 3.05) is 72.1 Å². The third-order valence-electron chi connectivity index (χ3n) is 15.0. The molecule has 1 amide bonds. The third-order valence-corrected chi connectivity index (χ3v) is 15.5. The maximum atomic E-state index is 13.3. The molecule has 4 fully saturated rings. The lowest BCUT2D eigenvalue weighted by Crippen LogP contribution is -2.58. The number of ether oxygens (including phenoxy) is 2. The first kappa shape index (κ1) is 51.4. The molecule has 9 nitrogen and oxygen atoms in total. The minimum absolute atomic E-state index is 0.000711. The van der Waals surface area contributed by atoms with Crippen LogP contribution in [-0.2, 0) is 38.3 Å². The van der Waals surface area contributed by atoms with Crippen LogP contribution in [0.1, 0.15) is 76.6 Å². The first-order valence-corrected chi connectivity index (χ1v) is 24.7. The fourth-order valence-corrected chi connectivity index (χ4v) is 10.9. The Labute approximate surface area is 406 Å². The summed E-state index contributed by atoms with van der Waals surface area (Å²) in [5, 5.41) is 24.5. The van der Waals surface area contributed by atoms with Gasteiger partial charge in [0.05, 0.1) is 49.2 Å². The van der Waals surface area contributed by atoms with Gasteiger partial charge in [-0.1, -0.05) is 99.4 Å². The summed E-state index contributed by atoms with van der Waals surface area (Å²) in [6.07, 6.45) is 2.70. The van der Waals surface area contributed by atoms with Gasteiger partial charge < -0.3 is 29.5 Å². The average molecular weight is 964 g/mol. The molecule has 4 heterocycles. The summed E-state index contributed by atoms with van der Waals surface area (Å²) in [7, 11) is 0. The van der Waals surface area contributed by atoms with Crippen molar-refractivity contribution in [2.45, 2.75) is 103 Å². The van der Waals surface area contributed by atoms with Crippen LogP contribution in [-0.4, -0.2) is 132 Å². The number of rotatable bonds is 11. The number of hydrogen-bond acceptors (Lipinski definition) is 8. The molecule has 4 aliphatic rings. The van der Waals surface area contributed by atoms with Gasteiger partial charge in [0.25, 0.3) is 0 Å². The Hall–Kier alpha value is -3.49. The number of morpholine rings is 2. The van der Waals surface area contributed by atoms with E-state index in [1.165, 1.54) is 24.3 Å². The maximum Gasteiger partial charge on any atom is 0.237 e. The van der Waals surface area contributed by atoms with Crippen molar-refractivity contribution >= 4 is 29.1 Å². The van der Waals surface area contributed by atoms with E-state index in [9.17, 15) is 23.8 Å². The third kappa shape index (κ3) is 12.5. The summed E-state index contributed by atoms with van der Waals surface area (Å²) in [5.74, 6) is -0.384. The number of benzene rings is 4. The molecular formula is C54H70Cl2F2N4O5. The van der Waals surface area contributed by atoms with Gasteiger partial charge in [-0.3, -0.25) is 14.6 Å². The quantitative estimate of drug-likeness (QED) is 0.154. The molecule has 4 aromatic carbocycles. The maximum absolute atomic E-state index is 13.3. The van der Waals surface area contributed by atoms with Crippen molar-refractivity contribution in [1.82, 2.24) is 19.6 Å². The summed E-state index contributed by atoms with van der Waals surface area (Å²) in [5.41, 5.74) is 1.34. The number of halogens is 4. The summed E-state index contributed by atoms with van der Waals surface area (Å²) < 4.78 is 38.5. The van der Waals surface area contributed by atoms with E-state index < -0.39 is 16.6 Å². The summed E-state index contributed by atoms with van der Waals surface area (Å²) in [6, 6.07) is 28.6. The van der Waals surface area contributed by atoms with Crippen LogP contribution >= 0.6 is 23.2 Å². The first-order chi connectivity index (χ1) is 31.7. The van der Waals surface area contributed by atoms with E-state index >= 15 is 0 Å². The topological polar surface area (TPSA) is 89.0 Å². The van der Waals surface area contributed by atoms with Crippen LogP contribution < -0.4 is 0 Å². The zero-order chi connectivity index (χ0) is 48.1. The van der Waals surface area contributed by atoms with E-state index in [1.807, 2.05) is 86.3 Å². The number of piperidine rings is 2. The predicted molar refractivity (Wildman–Crippen MR) is 262 cm³/mol. The Morgan fingerprint density at radius 2 is 1.06 bits per heavy atom. The van der Waals surface area contributed by atoms with Crippen molar-refractivity contribution < 1.29 is 33.3 Å². The van der Waals surface area contributed by atoms with Crippen LogP contribution in [0, 0.1) is 22.5 Å². The van der Waals surface area contributed by atoms with Crippen LogP contribution in [0.15, 0.2) is 97.1 Å². The molecule has 2 N–H and O–H groups in total. The second-order valence-electron chi connectivity index (χ2n) is 20.8. The van der Waals surface area contributed by atoms with E-state index in [1.54, 1.807) is 12.1 Å². The highest BCUT2D eigenvalue weighted by Crippen LogP contribution is 2.47. The monoisotopic (exact) mass is 962 g/mol. The normalized spacial score (nSPS) is 28.1. The van der Waals surface area contributed by atoms with Gasteiger partial charge in [-0.15, -0.1) is 0 Å². The number of carbonyl (C=O) groups excluding carboxylic acids is 1. The molecule has 6 atom stereocenters. The molecule has 0 spiro atoms. The number of aliphatic hydroxyl groups is 2. The van der Waals surface area contributed by atoms with Gasteiger partial charge in [0.2, 0.25) is 5.91 Å². The Kier molecular flexibility index (Phi) is 16.6. The van der Waals surface area contributed by atoms with Crippen LogP contribution in [0.3, 0.4) is 0 Å². The zero-order valence-electron chi connectivity index (χ0n) is 40.1. The molecule has 4 aromatic rings. The molecule has 0 radical (unpaired) electrons. The highest BCUT2D eigenvalue weighted by atomic mass is 35.5. The molecular weight excluding hydrogens is 894 g/mol. The van der Waals surface area contributed by atoms with E-state index in [0.717, 1.165) is 61.4 Å². The largest absolute Gasteiger partial charge is 0.385 e. The highest BCUT2D eigenvalue weighted by molar-refractivity contribution is 6.30. The average Bonchev–Trinajstić information content (AvgIpc) is 3.29. The van der Waals surface area contributed by atoms with Gasteiger partial charge in [0.1, 0.15) is 11.6 Å². The summed E-state index contributed by atoms with van der Waals surface area (Å²) >= 11 is 12.1. The molecule has 0 saturated carbocycles.